The van der Waals surface area contributed by atoms with Crippen molar-refractivity contribution in [2.45, 2.75) is 36.3 Å². The summed E-state index contributed by atoms with van der Waals surface area (Å²) in [4.78, 5) is 19.1. The van der Waals surface area contributed by atoms with Gasteiger partial charge in [-0.2, -0.15) is 5.26 Å². The number of rotatable bonds is 4. The van der Waals surface area contributed by atoms with E-state index in [1.54, 1.807) is 35.5 Å². The van der Waals surface area contributed by atoms with Crippen molar-refractivity contribution in [1.29, 1.82) is 5.26 Å². The molecule has 0 saturated carbocycles. The lowest BCUT2D eigenvalue weighted by Gasteiger charge is -2.39. The van der Waals surface area contributed by atoms with Gasteiger partial charge in [-0.1, -0.05) is 6.92 Å². The van der Waals surface area contributed by atoms with Gasteiger partial charge in [-0.15, -0.1) is 23.1 Å². The first kappa shape index (κ1) is 18.8. The standard InChI is InChI=1S/C21H20N4OS2/c1-2-27-21-14(8-10-28-21)18-15(11-22)20(23)25(13-5-4-9-24-12-13)16-6-3-7-17(26)19(16)18/h4-5,8-10,12,18H,2-3,6-7,23H2,1H3/t18-/m0/s1. The van der Waals surface area contributed by atoms with E-state index >= 15 is 0 Å². The molecule has 0 bridgehead atoms. The van der Waals surface area contributed by atoms with E-state index in [1.165, 1.54) is 0 Å². The van der Waals surface area contributed by atoms with Gasteiger partial charge in [0.05, 0.1) is 33.7 Å². The van der Waals surface area contributed by atoms with E-state index in [1.807, 2.05) is 28.5 Å². The van der Waals surface area contributed by atoms with E-state index in [0.29, 0.717) is 17.8 Å². The molecule has 0 fully saturated rings. The molecule has 142 valence electrons. The van der Waals surface area contributed by atoms with Crippen LogP contribution in [-0.2, 0) is 4.79 Å². The Balaban J connectivity index is 1.96. The molecule has 0 unspecified atom stereocenters. The number of thiophene rings is 1. The van der Waals surface area contributed by atoms with Crippen molar-refractivity contribution in [2.24, 2.45) is 5.73 Å². The number of aromatic nitrogens is 1. The molecule has 1 aliphatic carbocycles. The fourth-order valence-corrected chi connectivity index (χ4v) is 6.01. The molecular weight excluding hydrogens is 388 g/mol. The predicted molar refractivity (Wildman–Crippen MR) is 113 cm³/mol. The lowest BCUT2D eigenvalue weighted by molar-refractivity contribution is -0.116. The van der Waals surface area contributed by atoms with E-state index < -0.39 is 0 Å². The van der Waals surface area contributed by atoms with Crippen molar-refractivity contribution >= 4 is 34.6 Å². The zero-order valence-corrected chi connectivity index (χ0v) is 17.1. The molecule has 1 atom stereocenters. The Morgan fingerprint density at radius 2 is 2.29 bits per heavy atom. The Morgan fingerprint density at radius 1 is 1.43 bits per heavy atom. The number of thioether (sulfide) groups is 1. The molecule has 1 aliphatic heterocycles. The first-order chi connectivity index (χ1) is 13.7. The van der Waals surface area contributed by atoms with Crippen LogP contribution in [0.25, 0.3) is 0 Å². The number of allylic oxidation sites excluding steroid dienone is 3. The largest absolute Gasteiger partial charge is 0.384 e. The second-order valence-corrected chi connectivity index (χ2v) is 9.07. The van der Waals surface area contributed by atoms with Crippen LogP contribution in [0, 0.1) is 11.3 Å². The summed E-state index contributed by atoms with van der Waals surface area (Å²) in [7, 11) is 0. The van der Waals surface area contributed by atoms with Gasteiger partial charge in [0.1, 0.15) is 5.82 Å². The minimum atomic E-state index is -0.388. The third-order valence-corrected chi connectivity index (χ3v) is 7.21. The summed E-state index contributed by atoms with van der Waals surface area (Å²) in [6, 6.07) is 8.09. The number of carbonyl (C=O) groups excluding carboxylic acids is 1. The van der Waals surface area contributed by atoms with Crippen molar-refractivity contribution in [3.63, 3.8) is 0 Å². The molecule has 2 aliphatic rings. The molecular formula is C21H20N4OS2. The lowest BCUT2D eigenvalue weighted by atomic mass is 9.76. The third kappa shape index (κ3) is 3.03. The van der Waals surface area contributed by atoms with Crippen LogP contribution in [0.5, 0.6) is 0 Å². The van der Waals surface area contributed by atoms with Crippen molar-refractivity contribution in [3.05, 3.63) is 64.2 Å². The van der Waals surface area contributed by atoms with Gasteiger partial charge < -0.3 is 5.73 Å². The number of nitrogens with two attached hydrogens (primary N) is 1. The molecule has 4 rings (SSSR count). The monoisotopic (exact) mass is 408 g/mol. The smallest absolute Gasteiger partial charge is 0.161 e. The van der Waals surface area contributed by atoms with Crippen LogP contribution in [-0.4, -0.2) is 16.5 Å². The fraction of sp³-hybridized carbons (Fsp3) is 0.286. The molecule has 3 heterocycles. The second-order valence-electron chi connectivity index (χ2n) is 6.62. The summed E-state index contributed by atoms with van der Waals surface area (Å²) in [5.41, 5.74) is 10.4. The van der Waals surface area contributed by atoms with Gasteiger partial charge in [-0.05, 0) is 47.7 Å². The maximum Gasteiger partial charge on any atom is 0.161 e. The minimum absolute atomic E-state index is 0.110. The SMILES string of the molecule is CCSc1sccc1[C@H]1C(C#N)=C(N)N(c2cccnc2)C2=C1C(=O)CCC2. The second kappa shape index (κ2) is 7.82. The van der Waals surface area contributed by atoms with Gasteiger partial charge >= 0.3 is 0 Å². The Kier molecular flexibility index (Phi) is 5.25. The van der Waals surface area contributed by atoms with E-state index in [9.17, 15) is 10.1 Å². The normalized spacial score (nSPS) is 19.6. The quantitative estimate of drug-likeness (QED) is 0.747. The number of anilines is 1. The summed E-state index contributed by atoms with van der Waals surface area (Å²) < 4.78 is 1.15. The van der Waals surface area contributed by atoms with Crippen molar-refractivity contribution in [3.8, 4) is 6.07 Å². The van der Waals surface area contributed by atoms with Crippen molar-refractivity contribution in [1.82, 2.24) is 4.98 Å². The Hall–Kier alpha value is -2.56. The van der Waals surface area contributed by atoms with Crippen LogP contribution in [0.1, 0.15) is 37.7 Å². The topological polar surface area (TPSA) is 83.0 Å². The molecule has 0 radical (unpaired) electrons. The van der Waals surface area contributed by atoms with E-state index in [0.717, 1.165) is 45.3 Å². The van der Waals surface area contributed by atoms with Gasteiger partial charge in [0, 0.05) is 23.9 Å². The van der Waals surface area contributed by atoms with Crippen LogP contribution >= 0.6 is 23.1 Å². The number of nitriles is 1. The summed E-state index contributed by atoms with van der Waals surface area (Å²) in [5.74, 6) is 1.05. The van der Waals surface area contributed by atoms with Crippen LogP contribution < -0.4 is 10.6 Å². The highest BCUT2D eigenvalue weighted by Crippen LogP contribution is 2.49. The number of hydrogen-bond acceptors (Lipinski definition) is 7. The van der Waals surface area contributed by atoms with Gasteiger partial charge in [0.2, 0.25) is 0 Å². The third-order valence-electron chi connectivity index (χ3n) is 5.06. The van der Waals surface area contributed by atoms with Gasteiger partial charge in [0.25, 0.3) is 0 Å². The van der Waals surface area contributed by atoms with Gasteiger partial charge in [-0.25, -0.2) is 0 Å². The fourth-order valence-electron chi connectivity index (χ4n) is 3.95. The minimum Gasteiger partial charge on any atom is -0.384 e. The lowest BCUT2D eigenvalue weighted by Crippen LogP contribution is -2.38. The van der Waals surface area contributed by atoms with E-state index in [-0.39, 0.29) is 11.7 Å². The number of ketones is 1. The molecule has 0 aromatic carbocycles. The maximum absolute atomic E-state index is 13.1. The van der Waals surface area contributed by atoms with Crippen molar-refractivity contribution < 1.29 is 4.79 Å². The molecule has 0 spiro atoms. The van der Waals surface area contributed by atoms with Crippen LogP contribution in [0.15, 0.2) is 62.8 Å². The molecule has 28 heavy (non-hydrogen) atoms. The zero-order chi connectivity index (χ0) is 19.7. The molecule has 7 heteroatoms. The Labute approximate surface area is 172 Å². The highest BCUT2D eigenvalue weighted by molar-refractivity contribution is 8.01. The molecule has 5 nitrogen and oxygen atoms in total. The number of nitrogens with zero attached hydrogens (tertiary/aromatic N) is 3. The summed E-state index contributed by atoms with van der Waals surface area (Å²) in [6.45, 7) is 2.10. The molecule has 2 aromatic rings. The molecule has 0 amide bonds. The van der Waals surface area contributed by atoms with Crippen LogP contribution in [0.3, 0.4) is 0 Å². The maximum atomic E-state index is 13.1. The average molecular weight is 409 g/mol. The molecule has 0 saturated heterocycles. The Bertz CT molecular complexity index is 1020. The summed E-state index contributed by atoms with van der Waals surface area (Å²) >= 11 is 3.39. The summed E-state index contributed by atoms with van der Waals surface area (Å²) in [5, 5.41) is 12.1. The average Bonchev–Trinajstić information content (AvgIpc) is 3.16. The van der Waals surface area contributed by atoms with Crippen LogP contribution in [0.4, 0.5) is 5.69 Å². The highest BCUT2D eigenvalue weighted by Gasteiger charge is 2.41. The highest BCUT2D eigenvalue weighted by atomic mass is 32.2. The van der Waals surface area contributed by atoms with E-state index in [2.05, 4.69) is 18.0 Å². The predicted octanol–water partition coefficient (Wildman–Crippen LogP) is 4.56. The number of hydrogen-bond donors (Lipinski definition) is 1. The Morgan fingerprint density at radius 3 is 3.00 bits per heavy atom. The first-order valence-electron chi connectivity index (χ1n) is 9.23. The molecule has 2 N–H and O–H groups in total. The first-order valence-corrected chi connectivity index (χ1v) is 11.1. The molecule has 2 aromatic heterocycles. The van der Waals surface area contributed by atoms with Gasteiger partial charge in [0.15, 0.2) is 5.78 Å². The number of Topliss-reactive ketones (excluding diaryl/α,β-unsaturated/α-hetero) is 1. The number of pyridine rings is 1. The van der Waals surface area contributed by atoms with Crippen molar-refractivity contribution in [2.75, 3.05) is 10.7 Å². The van der Waals surface area contributed by atoms with Crippen LogP contribution in [0.2, 0.25) is 0 Å². The number of carbonyl (C=O) groups is 1. The zero-order valence-electron chi connectivity index (χ0n) is 15.5. The summed E-state index contributed by atoms with van der Waals surface area (Å²) in [6.07, 6.45) is 5.47. The van der Waals surface area contributed by atoms with Gasteiger partial charge in [-0.3, -0.25) is 14.7 Å². The van der Waals surface area contributed by atoms with E-state index in [4.69, 9.17) is 5.73 Å².